The SMILES string of the molecule is CC(C)(C)c1nc(Br)nc2c1nc(Br)n2C(C)(C)C. The number of aromatic nitrogens is 4. The third-order valence-corrected chi connectivity index (χ3v) is 3.71. The van der Waals surface area contributed by atoms with Gasteiger partial charge in [0.15, 0.2) is 15.1 Å². The Balaban J connectivity index is 2.91. The van der Waals surface area contributed by atoms with E-state index in [0.717, 1.165) is 21.6 Å². The molecule has 0 saturated heterocycles. The van der Waals surface area contributed by atoms with Gasteiger partial charge >= 0.3 is 0 Å². The van der Waals surface area contributed by atoms with Gasteiger partial charge in [0.2, 0.25) is 0 Å². The maximum Gasteiger partial charge on any atom is 0.198 e. The number of hydrogen-bond donors (Lipinski definition) is 0. The van der Waals surface area contributed by atoms with Crippen molar-refractivity contribution in [3.8, 4) is 0 Å². The number of halogens is 2. The van der Waals surface area contributed by atoms with Gasteiger partial charge in [0.05, 0.1) is 5.69 Å². The van der Waals surface area contributed by atoms with Crippen LogP contribution in [0.25, 0.3) is 11.2 Å². The van der Waals surface area contributed by atoms with Gasteiger partial charge in [-0.3, -0.25) is 4.57 Å². The zero-order valence-electron chi connectivity index (χ0n) is 12.0. The molecule has 0 atom stereocenters. The van der Waals surface area contributed by atoms with Crippen LogP contribution in [0, 0.1) is 0 Å². The summed E-state index contributed by atoms with van der Waals surface area (Å²) in [6, 6.07) is 0. The van der Waals surface area contributed by atoms with E-state index in [1.54, 1.807) is 0 Å². The minimum Gasteiger partial charge on any atom is -0.298 e. The largest absolute Gasteiger partial charge is 0.298 e. The summed E-state index contributed by atoms with van der Waals surface area (Å²) >= 11 is 6.95. The number of hydrogen-bond acceptors (Lipinski definition) is 3. The lowest BCUT2D eigenvalue weighted by atomic mass is 9.91. The minimum absolute atomic E-state index is 0.0831. The van der Waals surface area contributed by atoms with Crippen LogP contribution in [0.1, 0.15) is 47.2 Å². The van der Waals surface area contributed by atoms with E-state index in [9.17, 15) is 0 Å². The van der Waals surface area contributed by atoms with Crippen molar-refractivity contribution < 1.29 is 0 Å². The lowest BCUT2D eigenvalue weighted by molar-refractivity contribution is 0.398. The van der Waals surface area contributed by atoms with Crippen molar-refractivity contribution in [2.75, 3.05) is 0 Å². The first-order chi connectivity index (χ1) is 8.51. The molecule has 0 aliphatic carbocycles. The molecule has 0 saturated carbocycles. The van der Waals surface area contributed by atoms with Crippen LogP contribution in [0.4, 0.5) is 0 Å². The molecule has 0 aliphatic rings. The normalized spacial score (nSPS) is 13.3. The molecule has 0 radical (unpaired) electrons. The van der Waals surface area contributed by atoms with Crippen LogP contribution in [-0.4, -0.2) is 19.5 Å². The summed E-state index contributed by atoms with van der Waals surface area (Å²) in [5.41, 5.74) is 2.48. The molecule has 0 spiro atoms. The monoisotopic (exact) mass is 388 g/mol. The lowest BCUT2D eigenvalue weighted by Gasteiger charge is -2.23. The second-order valence-electron chi connectivity index (χ2n) is 6.65. The van der Waals surface area contributed by atoms with Crippen molar-refractivity contribution in [3.05, 3.63) is 15.2 Å². The number of nitrogens with zero attached hydrogens (tertiary/aromatic N) is 4. The van der Waals surface area contributed by atoms with Gasteiger partial charge < -0.3 is 0 Å². The standard InChI is InChI=1S/C13H18Br2N4/c1-12(2,3)8-7-9(18-10(14)17-8)19(11(15)16-7)13(4,5)6/h1-6H3. The van der Waals surface area contributed by atoms with Gasteiger partial charge in [0, 0.05) is 11.0 Å². The Morgan fingerprint density at radius 2 is 1.47 bits per heavy atom. The molecule has 104 valence electrons. The molecule has 19 heavy (non-hydrogen) atoms. The highest BCUT2D eigenvalue weighted by Crippen LogP contribution is 2.33. The quantitative estimate of drug-likeness (QED) is 0.495. The molecule has 0 aliphatic heterocycles. The third kappa shape index (κ3) is 2.70. The van der Waals surface area contributed by atoms with Gasteiger partial charge in [-0.1, -0.05) is 20.8 Å². The van der Waals surface area contributed by atoms with Gasteiger partial charge in [-0.25, -0.2) is 15.0 Å². The minimum atomic E-state index is -0.101. The van der Waals surface area contributed by atoms with Crippen molar-refractivity contribution in [1.29, 1.82) is 0 Å². The van der Waals surface area contributed by atoms with Gasteiger partial charge in [-0.2, -0.15) is 0 Å². The van der Waals surface area contributed by atoms with Crippen LogP contribution in [0.2, 0.25) is 0 Å². The molecule has 2 aromatic rings. The van der Waals surface area contributed by atoms with Crippen LogP contribution < -0.4 is 0 Å². The molecule has 0 N–H and O–H groups in total. The van der Waals surface area contributed by atoms with E-state index in [1.165, 1.54) is 0 Å². The average molecular weight is 390 g/mol. The van der Waals surface area contributed by atoms with Crippen molar-refractivity contribution >= 4 is 43.0 Å². The molecule has 2 aromatic heterocycles. The lowest BCUT2D eigenvalue weighted by Crippen LogP contribution is -2.23. The molecular formula is C13H18Br2N4. The number of rotatable bonds is 0. The van der Waals surface area contributed by atoms with E-state index in [0.29, 0.717) is 4.73 Å². The molecule has 4 nitrogen and oxygen atoms in total. The molecule has 0 unspecified atom stereocenters. The second kappa shape index (κ2) is 4.52. The Hall–Kier alpha value is -0.490. The summed E-state index contributed by atoms with van der Waals surface area (Å²) in [6.45, 7) is 12.8. The molecule has 2 rings (SSSR count). The molecule has 0 fully saturated rings. The summed E-state index contributed by atoms with van der Waals surface area (Å²) in [6.07, 6.45) is 0. The number of imidazole rings is 1. The Labute approximate surface area is 130 Å². The fraction of sp³-hybridized carbons (Fsp3) is 0.615. The van der Waals surface area contributed by atoms with Crippen molar-refractivity contribution in [3.63, 3.8) is 0 Å². The van der Waals surface area contributed by atoms with E-state index in [1.807, 2.05) is 0 Å². The number of fused-ring (bicyclic) bond motifs is 1. The predicted octanol–water partition coefficient (Wildman–Crippen LogP) is 4.40. The topological polar surface area (TPSA) is 43.6 Å². The molecular weight excluding hydrogens is 372 g/mol. The Kier molecular flexibility index (Phi) is 3.54. The van der Waals surface area contributed by atoms with Gasteiger partial charge in [-0.15, -0.1) is 0 Å². The van der Waals surface area contributed by atoms with E-state index < -0.39 is 0 Å². The van der Waals surface area contributed by atoms with Crippen molar-refractivity contribution in [2.45, 2.75) is 52.5 Å². The first kappa shape index (κ1) is 14.9. The molecule has 0 bridgehead atoms. The van der Waals surface area contributed by atoms with Gasteiger partial charge in [0.1, 0.15) is 5.52 Å². The third-order valence-electron chi connectivity index (χ3n) is 2.82. The van der Waals surface area contributed by atoms with Crippen LogP contribution in [0.15, 0.2) is 9.47 Å². The highest BCUT2D eigenvalue weighted by molar-refractivity contribution is 9.10. The van der Waals surface area contributed by atoms with E-state index >= 15 is 0 Å². The molecule has 0 amide bonds. The smallest absolute Gasteiger partial charge is 0.198 e. The maximum absolute atomic E-state index is 4.62. The first-order valence-electron chi connectivity index (χ1n) is 6.14. The molecule has 2 heterocycles. The summed E-state index contributed by atoms with van der Waals surface area (Å²) in [4.78, 5) is 13.7. The maximum atomic E-state index is 4.62. The summed E-state index contributed by atoms with van der Waals surface area (Å²) in [5.74, 6) is 0. The summed E-state index contributed by atoms with van der Waals surface area (Å²) < 4.78 is 3.47. The fourth-order valence-corrected chi connectivity index (χ4v) is 3.24. The zero-order valence-corrected chi connectivity index (χ0v) is 15.2. The van der Waals surface area contributed by atoms with Crippen LogP contribution in [-0.2, 0) is 11.0 Å². The first-order valence-corrected chi connectivity index (χ1v) is 7.73. The summed E-state index contributed by atoms with van der Waals surface area (Å²) in [7, 11) is 0. The van der Waals surface area contributed by atoms with Crippen LogP contribution >= 0.6 is 31.9 Å². The van der Waals surface area contributed by atoms with Gasteiger partial charge in [-0.05, 0) is 52.6 Å². The van der Waals surface area contributed by atoms with Crippen molar-refractivity contribution in [1.82, 2.24) is 19.5 Å². The van der Waals surface area contributed by atoms with Crippen LogP contribution in [0.5, 0.6) is 0 Å². The summed E-state index contributed by atoms with van der Waals surface area (Å²) in [5, 5.41) is 0. The van der Waals surface area contributed by atoms with E-state index in [-0.39, 0.29) is 11.0 Å². The molecule has 0 aromatic carbocycles. The fourth-order valence-electron chi connectivity index (χ4n) is 2.02. The van der Waals surface area contributed by atoms with E-state index in [2.05, 4.69) is 92.9 Å². The molecule has 6 heteroatoms. The second-order valence-corrected chi connectivity index (χ2v) is 8.07. The Morgan fingerprint density at radius 3 is 1.95 bits per heavy atom. The van der Waals surface area contributed by atoms with E-state index in [4.69, 9.17) is 0 Å². The highest BCUT2D eigenvalue weighted by Gasteiger charge is 2.27. The zero-order chi connectivity index (χ0) is 14.6. The van der Waals surface area contributed by atoms with Crippen LogP contribution in [0.3, 0.4) is 0 Å². The van der Waals surface area contributed by atoms with Gasteiger partial charge in [0.25, 0.3) is 0 Å². The Morgan fingerprint density at radius 1 is 0.895 bits per heavy atom. The Bertz CT molecular complexity index is 633. The van der Waals surface area contributed by atoms with Crippen molar-refractivity contribution in [2.24, 2.45) is 0 Å². The predicted molar refractivity (Wildman–Crippen MR) is 84.4 cm³/mol. The highest BCUT2D eigenvalue weighted by atomic mass is 79.9. The average Bonchev–Trinajstić information content (AvgIpc) is 2.50.